The molecule has 100 valence electrons. The van der Waals surface area contributed by atoms with Crippen LogP contribution in [0.2, 0.25) is 0 Å². The highest BCUT2D eigenvalue weighted by molar-refractivity contribution is 5.26. The number of hydrogen-bond donors (Lipinski definition) is 0. The van der Waals surface area contributed by atoms with Gasteiger partial charge in [0.25, 0.3) is 0 Å². The van der Waals surface area contributed by atoms with E-state index < -0.39 is 0 Å². The molecule has 1 aliphatic carbocycles. The van der Waals surface area contributed by atoms with Crippen LogP contribution in [-0.4, -0.2) is 13.2 Å². The molecule has 2 atom stereocenters. The zero-order valence-corrected chi connectivity index (χ0v) is 11.7. The first-order chi connectivity index (χ1) is 8.70. The SMILES string of the molecule is COc1ccc(CO[C@@H]2CCCC2C(C)C)cc1. The zero-order valence-electron chi connectivity index (χ0n) is 11.7. The van der Waals surface area contributed by atoms with Crippen molar-refractivity contribution in [2.75, 3.05) is 7.11 Å². The molecule has 0 heterocycles. The first-order valence-corrected chi connectivity index (χ1v) is 6.95. The zero-order chi connectivity index (χ0) is 13.0. The lowest BCUT2D eigenvalue weighted by atomic mass is 9.92. The third-order valence-electron chi connectivity index (χ3n) is 3.98. The van der Waals surface area contributed by atoms with E-state index >= 15 is 0 Å². The molecule has 1 aromatic carbocycles. The monoisotopic (exact) mass is 248 g/mol. The van der Waals surface area contributed by atoms with E-state index in [0.717, 1.165) is 24.2 Å². The van der Waals surface area contributed by atoms with Crippen molar-refractivity contribution < 1.29 is 9.47 Å². The average Bonchev–Trinajstić information content (AvgIpc) is 2.85. The van der Waals surface area contributed by atoms with Gasteiger partial charge in [-0.25, -0.2) is 0 Å². The van der Waals surface area contributed by atoms with E-state index in [2.05, 4.69) is 26.0 Å². The van der Waals surface area contributed by atoms with Crippen molar-refractivity contribution in [2.45, 2.75) is 45.8 Å². The summed E-state index contributed by atoms with van der Waals surface area (Å²) in [6, 6.07) is 8.15. The summed E-state index contributed by atoms with van der Waals surface area (Å²) in [5.74, 6) is 2.37. The Morgan fingerprint density at radius 1 is 1.17 bits per heavy atom. The molecule has 0 aromatic heterocycles. The largest absolute Gasteiger partial charge is 0.497 e. The van der Waals surface area contributed by atoms with Crippen LogP contribution in [0.3, 0.4) is 0 Å². The maximum Gasteiger partial charge on any atom is 0.118 e. The number of ether oxygens (including phenoxy) is 2. The molecule has 1 unspecified atom stereocenters. The molecular formula is C16H24O2. The van der Waals surface area contributed by atoms with Gasteiger partial charge >= 0.3 is 0 Å². The number of benzene rings is 1. The second-order valence-corrected chi connectivity index (χ2v) is 5.54. The minimum Gasteiger partial charge on any atom is -0.497 e. The topological polar surface area (TPSA) is 18.5 Å². The summed E-state index contributed by atoms with van der Waals surface area (Å²) in [5, 5.41) is 0. The predicted molar refractivity (Wildman–Crippen MR) is 73.8 cm³/mol. The summed E-state index contributed by atoms with van der Waals surface area (Å²) in [4.78, 5) is 0. The quantitative estimate of drug-likeness (QED) is 0.783. The highest BCUT2D eigenvalue weighted by Gasteiger charge is 2.30. The van der Waals surface area contributed by atoms with Crippen molar-refractivity contribution in [3.63, 3.8) is 0 Å². The van der Waals surface area contributed by atoms with Gasteiger partial charge in [-0.1, -0.05) is 32.4 Å². The highest BCUT2D eigenvalue weighted by Crippen LogP contribution is 2.34. The van der Waals surface area contributed by atoms with Crippen molar-refractivity contribution in [3.8, 4) is 5.75 Å². The van der Waals surface area contributed by atoms with Crippen LogP contribution in [0.4, 0.5) is 0 Å². The van der Waals surface area contributed by atoms with Gasteiger partial charge in [-0.15, -0.1) is 0 Å². The molecule has 2 nitrogen and oxygen atoms in total. The molecule has 2 rings (SSSR count). The summed E-state index contributed by atoms with van der Waals surface area (Å²) >= 11 is 0. The Hall–Kier alpha value is -1.02. The Morgan fingerprint density at radius 2 is 1.89 bits per heavy atom. The Morgan fingerprint density at radius 3 is 2.50 bits per heavy atom. The second kappa shape index (κ2) is 6.24. The minimum absolute atomic E-state index is 0.451. The molecule has 1 aliphatic rings. The normalized spacial score (nSPS) is 23.6. The minimum atomic E-state index is 0.451. The molecule has 0 saturated heterocycles. The summed E-state index contributed by atoms with van der Waals surface area (Å²) in [5.41, 5.74) is 1.23. The van der Waals surface area contributed by atoms with Crippen LogP contribution < -0.4 is 4.74 Å². The third kappa shape index (κ3) is 3.26. The van der Waals surface area contributed by atoms with E-state index in [4.69, 9.17) is 9.47 Å². The van der Waals surface area contributed by atoms with Gasteiger partial charge in [0.05, 0.1) is 19.8 Å². The summed E-state index contributed by atoms with van der Waals surface area (Å²) in [6.45, 7) is 5.33. The smallest absolute Gasteiger partial charge is 0.118 e. The number of rotatable bonds is 5. The highest BCUT2D eigenvalue weighted by atomic mass is 16.5. The maximum absolute atomic E-state index is 6.10. The second-order valence-electron chi connectivity index (χ2n) is 5.54. The Balaban J connectivity index is 1.86. The van der Waals surface area contributed by atoms with Crippen molar-refractivity contribution >= 4 is 0 Å². The Bertz CT molecular complexity index is 356. The van der Waals surface area contributed by atoms with Gasteiger partial charge in [-0.05, 0) is 42.4 Å². The lowest BCUT2D eigenvalue weighted by Gasteiger charge is -2.23. The summed E-state index contributed by atoms with van der Waals surface area (Å²) in [7, 11) is 1.69. The molecule has 1 fully saturated rings. The maximum atomic E-state index is 6.10. The van der Waals surface area contributed by atoms with E-state index in [-0.39, 0.29) is 0 Å². The fraction of sp³-hybridized carbons (Fsp3) is 0.625. The average molecular weight is 248 g/mol. The van der Waals surface area contributed by atoms with Crippen LogP contribution in [-0.2, 0) is 11.3 Å². The van der Waals surface area contributed by atoms with Crippen LogP contribution in [0.1, 0.15) is 38.7 Å². The molecule has 0 aliphatic heterocycles. The van der Waals surface area contributed by atoms with Crippen LogP contribution >= 0.6 is 0 Å². The molecule has 1 aromatic rings. The lowest BCUT2D eigenvalue weighted by molar-refractivity contribution is 0.00354. The predicted octanol–water partition coefficient (Wildman–Crippen LogP) is 4.04. The summed E-state index contributed by atoms with van der Waals surface area (Å²) in [6.07, 6.45) is 4.31. The van der Waals surface area contributed by atoms with Gasteiger partial charge < -0.3 is 9.47 Å². The fourth-order valence-electron chi connectivity index (χ4n) is 2.85. The van der Waals surface area contributed by atoms with E-state index in [1.807, 2.05) is 12.1 Å². The van der Waals surface area contributed by atoms with Gasteiger partial charge in [0.15, 0.2) is 0 Å². The van der Waals surface area contributed by atoms with Crippen molar-refractivity contribution in [1.29, 1.82) is 0 Å². The third-order valence-corrected chi connectivity index (χ3v) is 3.98. The van der Waals surface area contributed by atoms with Gasteiger partial charge in [0.2, 0.25) is 0 Å². The Labute approximate surface area is 110 Å². The molecule has 18 heavy (non-hydrogen) atoms. The van der Waals surface area contributed by atoms with Crippen LogP contribution in [0.15, 0.2) is 24.3 Å². The molecule has 0 spiro atoms. The lowest BCUT2D eigenvalue weighted by Crippen LogP contribution is -2.22. The van der Waals surface area contributed by atoms with Gasteiger partial charge in [0.1, 0.15) is 5.75 Å². The van der Waals surface area contributed by atoms with E-state index in [9.17, 15) is 0 Å². The molecule has 1 saturated carbocycles. The first-order valence-electron chi connectivity index (χ1n) is 6.95. The van der Waals surface area contributed by atoms with Crippen molar-refractivity contribution in [1.82, 2.24) is 0 Å². The number of hydrogen-bond acceptors (Lipinski definition) is 2. The van der Waals surface area contributed by atoms with Gasteiger partial charge in [-0.2, -0.15) is 0 Å². The van der Waals surface area contributed by atoms with Gasteiger partial charge in [-0.3, -0.25) is 0 Å². The molecule has 0 N–H and O–H groups in total. The molecule has 0 radical (unpaired) electrons. The van der Waals surface area contributed by atoms with Crippen LogP contribution in [0.5, 0.6) is 5.75 Å². The molecule has 2 heteroatoms. The van der Waals surface area contributed by atoms with Crippen LogP contribution in [0.25, 0.3) is 0 Å². The molecule has 0 amide bonds. The Kier molecular flexibility index (Phi) is 4.65. The van der Waals surface area contributed by atoms with E-state index in [0.29, 0.717) is 6.10 Å². The van der Waals surface area contributed by atoms with Gasteiger partial charge in [0, 0.05) is 0 Å². The number of methoxy groups -OCH3 is 1. The van der Waals surface area contributed by atoms with Crippen molar-refractivity contribution in [3.05, 3.63) is 29.8 Å². The summed E-state index contributed by atoms with van der Waals surface area (Å²) < 4.78 is 11.3. The standard InChI is InChI=1S/C16H24O2/c1-12(2)15-5-4-6-16(15)18-11-13-7-9-14(17-3)10-8-13/h7-10,12,15-16H,4-6,11H2,1-3H3/t15?,16-/m1/s1. The first kappa shape index (κ1) is 13.4. The fourth-order valence-corrected chi connectivity index (χ4v) is 2.85. The molecule has 0 bridgehead atoms. The van der Waals surface area contributed by atoms with E-state index in [1.54, 1.807) is 7.11 Å². The van der Waals surface area contributed by atoms with E-state index in [1.165, 1.54) is 24.8 Å². The van der Waals surface area contributed by atoms with Crippen LogP contribution in [0, 0.1) is 11.8 Å². The molecular weight excluding hydrogens is 224 g/mol. The van der Waals surface area contributed by atoms with Crippen molar-refractivity contribution in [2.24, 2.45) is 11.8 Å².